The first-order valence-electron chi connectivity index (χ1n) is 16.8. The molecule has 11 heteroatoms. The molecule has 6 rings (SSSR count). The number of benzene rings is 2. The summed E-state index contributed by atoms with van der Waals surface area (Å²) < 4.78 is 12.3. The van der Waals surface area contributed by atoms with E-state index in [1.54, 1.807) is 22.0 Å². The molecule has 1 spiro atoms. The van der Waals surface area contributed by atoms with E-state index in [4.69, 9.17) is 9.47 Å². The van der Waals surface area contributed by atoms with E-state index in [0.29, 0.717) is 51.4 Å². The summed E-state index contributed by atoms with van der Waals surface area (Å²) >= 11 is 3.80. The predicted octanol–water partition coefficient (Wildman–Crippen LogP) is 3.03. The highest BCUT2D eigenvalue weighted by atomic mass is 79.9. The summed E-state index contributed by atoms with van der Waals surface area (Å²) in [7, 11) is 0. The number of carbonyl (C=O) groups is 3. The standard InChI is InChI=1S/C37H45BrN4O6/c1-3-15-40(18-17-39-19-21-47-22-20-39)36(46)33-37-23-28(38)32(48-37)30(34(44)41(16-4-2)24-26-11-7-5-8-12-26)31(37)35(45)42(33)29(25-43)27-13-9-6-10-14-27/h3-14,28-33,43H,1-2,15-25H2/t28?,29-,30-,31+,32-,33?,37?/m1/s1. The number of carbonyl (C=O) groups excluding carboxylic acids is 3. The molecule has 0 aromatic heterocycles. The number of rotatable bonds is 14. The molecule has 4 saturated heterocycles. The van der Waals surface area contributed by atoms with Gasteiger partial charge in [0.05, 0.1) is 43.8 Å². The lowest BCUT2D eigenvalue weighted by Gasteiger charge is -2.40. The van der Waals surface area contributed by atoms with Gasteiger partial charge < -0.3 is 29.3 Å². The van der Waals surface area contributed by atoms with E-state index >= 15 is 0 Å². The lowest BCUT2D eigenvalue weighted by atomic mass is 9.70. The first kappa shape index (κ1) is 34.5. The molecule has 0 saturated carbocycles. The minimum absolute atomic E-state index is 0.211. The highest BCUT2D eigenvalue weighted by Gasteiger charge is 2.77. The lowest BCUT2D eigenvalue weighted by molar-refractivity contribution is -0.152. The number of hydrogen-bond donors (Lipinski definition) is 1. The van der Waals surface area contributed by atoms with Gasteiger partial charge in [0.15, 0.2) is 0 Å². The van der Waals surface area contributed by atoms with Crippen LogP contribution in [0.3, 0.4) is 0 Å². The SMILES string of the molecule is C=CCN(CCN1CCOCC1)C(=O)C1N([C@H](CO)c2ccccc2)C(=O)[C@@H]2[C@@H](C(=O)N(CC=C)Cc3ccccc3)[C@@H]3OC12CC3Br. The molecule has 4 aliphatic rings. The molecular weight excluding hydrogens is 676 g/mol. The first-order chi connectivity index (χ1) is 23.3. The first-order valence-corrected chi connectivity index (χ1v) is 17.7. The minimum Gasteiger partial charge on any atom is -0.394 e. The molecule has 7 atom stereocenters. The fraction of sp³-hybridized carbons (Fsp3) is 0.486. The summed E-state index contributed by atoms with van der Waals surface area (Å²) in [6.45, 7) is 12.3. The topological polar surface area (TPSA) is 103 Å². The van der Waals surface area contributed by atoms with Crippen LogP contribution in [-0.4, -0.2) is 124 Å². The molecule has 4 fully saturated rings. The van der Waals surface area contributed by atoms with Crippen LogP contribution in [0, 0.1) is 11.8 Å². The Morgan fingerprint density at radius 2 is 1.65 bits per heavy atom. The third-order valence-corrected chi connectivity index (χ3v) is 11.1. The number of aliphatic hydroxyl groups excluding tert-OH is 1. The largest absolute Gasteiger partial charge is 0.394 e. The van der Waals surface area contributed by atoms with Crippen LogP contribution < -0.4 is 0 Å². The van der Waals surface area contributed by atoms with E-state index in [-0.39, 0.29) is 29.1 Å². The molecule has 0 aliphatic carbocycles. The van der Waals surface area contributed by atoms with Gasteiger partial charge in [-0.05, 0) is 17.5 Å². The smallest absolute Gasteiger partial charge is 0.248 e. The highest BCUT2D eigenvalue weighted by Crippen LogP contribution is 2.61. The van der Waals surface area contributed by atoms with Gasteiger partial charge in [-0.2, -0.15) is 0 Å². The van der Waals surface area contributed by atoms with E-state index in [9.17, 15) is 19.5 Å². The average molecular weight is 722 g/mol. The van der Waals surface area contributed by atoms with Gasteiger partial charge in [-0.3, -0.25) is 19.3 Å². The van der Waals surface area contributed by atoms with Crippen LogP contribution in [0.1, 0.15) is 23.6 Å². The molecule has 2 bridgehead atoms. The van der Waals surface area contributed by atoms with Gasteiger partial charge in [-0.25, -0.2) is 0 Å². The van der Waals surface area contributed by atoms with Crippen molar-refractivity contribution in [1.29, 1.82) is 0 Å². The maximum atomic E-state index is 15.0. The Morgan fingerprint density at radius 1 is 1.00 bits per heavy atom. The average Bonchev–Trinajstić information content (AvgIpc) is 3.71. The number of fused-ring (bicyclic) bond motifs is 1. The van der Waals surface area contributed by atoms with Crippen molar-refractivity contribution in [3.63, 3.8) is 0 Å². The van der Waals surface area contributed by atoms with Crippen LogP contribution in [0.4, 0.5) is 0 Å². The molecule has 2 aromatic rings. The van der Waals surface area contributed by atoms with Crippen LogP contribution in [-0.2, 0) is 30.4 Å². The Labute approximate surface area is 291 Å². The molecular formula is C37H45BrN4O6. The Balaban J connectivity index is 1.39. The fourth-order valence-electron chi connectivity index (χ4n) is 8.10. The summed E-state index contributed by atoms with van der Waals surface area (Å²) in [4.78, 5) is 51.5. The van der Waals surface area contributed by atoms with Gasteiger partial charge in [-0.1, -0.05) is 88.7 Å². The Hall–Kier alpha value is -3.35. The van der Waals surface area contributed by atoms with Crippen LogP contribution in [0.5, 0.6) is 0 Å². The summed E-state index contributed by atoms with van der Waals surface area (Å²) in [5, 5.41) is 10.9. The Bertz CT molecular complexity index is 1470. The zero-order valence-corrected chi connectivity index (χ0v) is 28.8. The van der Waals surface area contributed by atoms with Crippen molar-refractivity contribution < 1.29 is 29.0 Å². The van der Waals surface area contributed by atoms with Gasteiger partial charge in [0.1, 0.15) is 11.6 Å². The van der Waals surface area contributed by atoms with Crippen LogP contribution in [0.25, 0.3) is 0 Å². The van der Waals surface area contributed by atoms with Gasteiger partial charge in [0.25, 0.3) is 0 Å². The van der Waals surface area contributed by atoms with Crippen molar-refractivity contribution in [1.82, 2.24) is 19.6 Å². The Kier molecular flexibility index (Phi) is 10.8. The molecule has 3 unspecified atom stereocenters. The normalized spacial score (nSPS) is 28.6. The Morgan fingerprint density at radius 3 is 2.29 bits per heavy atom. The molecule has 3 amide bonds. The third kappa shape index (κ3) is 6.38. The highest BCUT2D eigenvalue weighted by molar-refractivity contribution is 9.09. The number of aliphatic hydroxyl groups is 1. The molecule has 48 heavy (non-hydrogen) atoms. The second kappa shape index (κ2) is 15.0. The maximum absolute atomic E-state index is 15.0. The van der Waals surface area contributed by atoms with E-state index in [1.165, 1.54) is 4.90 Å². The van der Waals surface area contributed by atoms with E-state index in [0.717, 1.165) is 18.7 Å². The molecule has 256 valence electrons. The van der Waals surface area contributed by atoms with Crippen LogP contribution in [0.2, 0.25) is 0 Å². The summed E-state index contributed by atoms with van der Waals surface area (Å²) in [5.41, 5.74) is 0.399. The van der Waals surface area contributed by atoms with Crippen molar-refractivity contribution in [3.8, 4) is 0 Å². The third-order valence-electron chi connectivity index (χ3n) is 10.3. The molecule has 2 aromatic carbocycles. The maximum Gasteiger partial charge on any atom is 0.248 e. The number of amides is 3. The lowest BCUT2D eigenvalue weighted by Crippen LogP contribution is -2.58. The molecule has 1 N–H and O–H groups in total. The van der Waals surface area contributed by atoms with Crippen molar-refractivity contribution in [3.05, 3.63) is 97.1 Å². The van der Waals surface area contributed by atoms with E-state index in [1.807, 2.05) is 60.7 Å². The van der Waals surface area contributed by atoms with Gasteiger partial charge in [0, 0.05) is 50.6 Å². The molecule has 0 radical (unpaired) electrons. The number of alkyl halides is 1. The second-order valence-corrected chi connectivity index (χ2v) is 14.2. The van der Waals surface area contributed by atoms with E-state index < -0.39 is 42.2 Å². The summed E-state index contributed by atoms with van der Waals surface area (Å²) in [6, 6.07) is 17.1. The summed E-state index contributed by atoms with van der Waals surface area (Å²) in [5.74, 6) is -2.55. The predicted molar refractivity (Wildman–Crippen MR) is 185 cm³/mol. The van der Waals surface area contributed by atoms with Crippen LogP contribution in [0.15, 0.2) is 86.0 Å². The number of morpholine rings is 1. The fourth-order valence-corrected chi connectivity index (χ4v) is 9.05. The van der Waals surface area contributed by atoms with E-state index in [2.05, 4.69) is 34.0 Å². The quantitative estimate of drug-likeness (QED) is 0.237. The molecule has 4 aliphatic heterocycles. The van der Waals surface area contributed by atoms with Crippen molar-refractivity contribution in [2.24, 2.45) is 11.8 Å². The number of hydrogen-bond acceptors (Lipinski definition) is 7. The number of likely N-dealkylation sites (tertiary alicyclic amines) is 1. The van der Waals surface area contributed by atoms with Crippen molar-refractivity contribution in [2.75, 3.05) is 59.1 Å². The number of ether oxygens (including phenoxy) is 2. The number of nitrogens with zero attached hydrogens (tertiary/aromatic N) is 4. The van der Waals surface area contributed by atoms with Gasteiger partial charge in [0.2, 0.25) is 17.7 Å². The zero-order valence-electron chi connectivity index (χ0n) is 27.2. The summed E-state index contributed by atoms with van der Waals surface area (Å²) in [6.07, 6.45) is 3.16. The monoisotopic (exact) mass is 720 g/mol. The van der Waals surface area contributed by atoms with Crippen molar-refractivity contribution >= 4 is 33.7 Å². The second-order valence-electron chi connectivity index (χ2n) is 13.0. The van der Waals surface area contributed by atoms with Gasteiger partial charge >= 0.3 is 0 Å². The van der Waals surface area contributed by atoms with Crippen LogP contribution >= 0.6 is 15.9 Å². The zero-order chi connectivity index (χ0) is 33.8. The van der Waals surface area contributed by atoms with Crippen molar-refractivity contribution in [2.45, 2.75) is 41.6 Å². The minimum atomic E-state index is -1.26. The molecule has 4 heterocycles. The van der Waals surface area contributed by atoms with Gasteiger partial charge in [-0.15, -0.1) is 13.2 Å². The number of halogens is 1. The molecule has 10 nitrogen and oxygen atoms in total.